The average Bonchev–Trinajstić information content (AvgIpc) is 2.44. The van der Waals surface area contributed by atoms with Crippen molar-refractivity contribution in [1.82, 2.24) is 10.2 Å². The minimum atomic E-state index is 0.794. The highest BCUT2D eigenvalue weighted by atomic mass is 15.1. The Morgan fingerprint density at radius 3 is 2.21 bits per heavy atom. The second-order valence-electron chi connectivity index (χ2n) is 6.49. The highest BCUT2D eigenvalue weighted by molar-refractivity contribution is 4.75. The van der Waals surface area contributed by atoms with E-state index >= 15 is 0 Å². The SMILES string of the molecule is CCC(CC)CN(CC)CCNC1CCC(C)CC1. The van der Waals surface area contributed by atoms with E-state index in [1.54, 1.807) is 0 Å². The fourth-order valence-corrected chi connectivity index (χ4v) is 3.18. The molecule has 2 heteroatoms. The summed E-state index contributed by atoms with van der Waals surface area (Å²) in [7, 11) is 0. The van der Waals surface area contributed by atoms with E-state index in [9.17, 15) is 0 Å². The van der Waals surface area contributed by atoms with Crippen molar-refractivity contribution in [3.05, 3.63) is 0 Å². The van der Waals surface area contributed by atoms with E-state index in [-0.39, 0.29) is 0 Å². The van der Waals surface area contributed by atoms with E-state index in [4.69, 9.17) is 0 Å². The maximum absolute atomic E-state index is 3.77. The zero-order chi connectivity index (χ0) is 14.1. The Morgan fingerprint density at radius 2 is 1.68 bits per heavy atom. The molecular weight excluding hydrogens is 232 g/mol. The summed E-state index contributed by atoms with van der Waals surface area (Å²) in [6.45, 7) is 14.2. The molecule has 19 heavy (non-hydrogen) atoms. The van der Waals surface area contributed by atoms with Crippen LogP contribution in [0.15, 0.2) is 0 Å². The van der Waals surface area contributed by atoms with Crippen LogP contribution in [0, 0.1) is 11.8 Å². The van der Waals surface area contributed by atoms with Gasteiger partial charge in [0.15, 0.2) is 0 Å². The van der Waals surface area contributed by atoms with Gasteiger partial charge >= 0.3 is 0 Å². The lowest BCUT2D eigenvalue weighted by Gasteiger charge is -2.29. The third-order valence-electron chi connectivity index (χ3n) is 5.00. The number of hydrogen-bond acceptors (Lipinski definition) is 2. The van der Waals surface area contributed by atoms with Gasteiger partial charge in [0.2, 0.25) is 0 Å². The molecule has 1 saturated carbocycles. The summed E-state index contributed by atoms with van der Waals surface area (Å²) < 4.78 is 0. The summed E-state index contributed by atoms with van der Waals surface area (Å²) in [4.78, 5) is 2.62. The third-order valence-corrected chi connectivity index (χ3v) is 5.00. The van der Waals surface area contributed by atoms with Crippen molar-refractivity contribution in [3.8, 4) is 0 Å². The monoisotopic (exact) mass is 268 g/mol. The van der Waals surface area contributed by atoms with E-state index in [0.717, 1.165) is 17.9 Å². The highest BCUT2D eigenvalue weighted by Crippen LogP contribution is 2.23. The zero-order valence-electron chi connectivity index (χ0n) is 13.8. The van der Waals surface area contributed by atoms with Crippen molar-refractivity contribution >= 4 is 0 Å². The molecule has 1 N–H and O–H groups in total. The summed E-state index contributed by atoms with van der Waals surface area (Å²) in [5.74, 6) is 1.84. The minimum absolute atomic E-state index is 0.794. The van der Waals surface area contributed by atoms with Gasteiger partial charge < -0.3 is 10.2 Å². The van der Waals surface area contributed by atoms with Gasteiger partial charge in [-0.3, -0.25) is 0 Å². The average molecular weight is 268 g/mol. The van der Waals surface area contributed by atoms with E-state index in [0.29, 0.717) is 0 Å². The van der Waals surface area contributed by atoms with Crippen molar-refractivity contribution in [2.24, 2.45) is 11.8 Å². The molecular formula is C17H36N2. The van der Waals surface area contributed by atoms with Crippen LogP contribution in [0.5, 0.6) is 0 Å². The molecule has 0 bridgehead atoms. The van der Waals surface area contributed by atoms with Crippen LogP contribution in [0.1, 0.15) is 66.2 Å². The smallest absolute Gasteiger partial charge is 0.0107 e. The molecule has 1 aliphatic carbocycles. The van der Waals surface area contributed by atoms with Crippen LogP contribution in [-0.4, -0.2) is 37.1 Å². The first-order valence-corrected chi connectivity index (χ1v) is 8.65. The summed E-state index contributed by atoms with van der Waals surface area (Å²) in [6.07, 6.45) is 8.26. The second kappa shape index (κ2) is 9.77. The largest absolute Gasteiger partial charge is 0.313 e. The number of hydrogen-bond donors (Lipinski definition) is 1. The first kappa shape index (κ1) is 17.0. The molecule has 2 nitrogen and oxygen atoms in total. The van der Waals surface area contributed by atoms with Crippen LogP contribution in [0.4, 0.5) is 0 Å². The van der Waals surface area contributed by atoms with Crippen LogP contribution in [0.2, 0.25) is 0 Å². The van der Waals surface area contributed by atoms with Crippen molar-refractivity contribution in [3.63, 3.8) is 0 Å². The maximum Gasteiger partial charge on any atom is 0.0107 e. The van der Waals surface area contributed by atoms with Crippen molar-refractivity contribution in [1.29, 1.82) is 0 Å². The molecule has 1 fully saturated rings. The molecule has 0 heterocycles. The summed E-state index contributed by atoms with van der Waals surface area (Å²) in [5, 5.41) is 3.77. The van der Waals surface area contributed by atoms with Gasteiger partial charge in [0, 0.05) is 25.7 Å². The van der Waals surface area contributed by atoms with Crippen LogP contribution in [0.25, 0.3) is 0 Å². The summed E-state index contributed by atoms with van der Waals surface area (Å²) in [5.41, 5.74) is 0. The molecule has 1 aliphatic rings. The number of likely N-dealkylation sites (N-methyl/N-ethyl adjacent to an activating group) is 1. The van der Waals surface area contributed by atoms with Crippen molar-refractivity contribution < 1.29 is 0 Å². The Hall–Kier alpha value is -0.0800. The first-order chi connectivity index (χ1) is 9.19. The number of nitrogens with one attached hydrogen (secondary N) is 1. The van der Waals surface area contributed by atoms with Gasteiger partial charge in [-0.15, -0.1) is 0 Å². The van der Waals surface area contributed by atoms with Crippen LogP contribution >= 0.6 is 0 Å². The van der Waals surface area contributed by atoms with Crippen molar-refractivity contribution in [2.45, 2.75) is 72.3 Å². The van der Waals surface area contributed by atoms with Crippen LogP contribution < -0.4 is 5.32 Å². The zero-order valence-corrected chi connectivity index (χ0v) is 13.8. The molecule has 0 amide bonds. The van der Waals surface area contributed by atoms with Gasteiger partial charge in [0.05, 0.1) is 0 Å². The lowest BCUT2D eigenvalue weighted by atomic mass is 9.87. The lowest BCUT2D eigenvalue weighted by molar-refractivity contribution is 0.224. The fraction of sp³-hybridized carbons (Fsp3) is 1.00. The van der Waals surface area contributed by atoms with Gasteiger partial charge in [-0.05, 0) is 44.1 Å². The fourth-order valence-electron chi connectivity index (χ4n) is 3.18. The van der Waals surface area contributed by atoms with E-state index < -0.39 is 0 Å². The lowest BCUT2D eigenvalue weighted by Crippen LogP contribution is -2.40. The Kier molecular flexibility index (Phi) is 8.72. The van der Waals surface area contributed by atoms with Gasteiger partial charge in [0.25, 0.3) is 0 Å². The molecule has 114 valence electrons. The van der Waals surface area contributed by atoms with Crippen LogP contribution in [0.3, 0.4) is 0 Å². The third kappa shape index (κ3) is 6.76. The van der Waals surface area contributed by atoms with Crippen LogP contribution in [-0.2, 0) is 0 Å². The Bertz CT molecular complexity index is 205. The predicted octanol–water partition coefficient (Wildman–Crippen LogP) is 3.91. The summed E-state index contributed by atoms with van der Waals surface area (Å²) in [6, 6.07) is 0.794. The number of rotatable bonds is 9. The van der Waals surface area contributed by atoms with Gasteiger partial charge in [0.1, 0.15) is 0 Å². The predicted molar refractivity (Wildman–Crippen MR) is 85.6 cm³/mol. The molecule has 0 saturated heterocycles. The Labute approximate surface area is 121 Å². The second-order valence-corrected chi connectivity index (χ2v) is 6.49. The molecule has 0 aliphatic heterocycles. The number of nitrogens with zero attached hydrogens (tertiary/aromatic N) is 1. The molecule has 0 spiro atoms. The molecule has 0 radical (unpaired) electrons. The molecule has 1 rings (SSSR count). The minimum Gasteiger partial charge on any atom is -0.313 e. The topological polar surface area (TPSA) is 15.3 Å². The van der Waals surface area contributed by atoms with E-state index in [1.807, 2.05) is 0 Å². The standard InChI is InChI=1S/C17H36N2/c1-5-16(6-2)14-19(7-3)13-12-18-17-10-8-15(4)9-11-17/h15-18H,5-14H2,1-4H3. The molecule has 0 aromatic carbocycles. The highest BCUT2D eigenvalue weighted by Gasteiger charge is 2.17. The first-order valence-electron chi connectivity index (χ1n) is 8.65. The molecule has 0 aromatic rings. The van der Waals surface area contributed by atoms with E-state index in [1.165, 1.54) is 64.7 Å². The quantitative estimate of drug-likeness (QED) is 0.682. The summed E-state index contributed by atoms with van der Waals surface area (Å²) >= 11 is 0. The van der Waals surface area contributed by atoms with Crippen molar-refractivity contribution in [2.75, 3.05) is 26.2 Å². The maximum atomic E-state index is 3.77. The molecule has 0 aromatic heterocycles. The molecule has 0 unspecified atom stereocenters. The van der Waals surface area contributed by atoms with Gasteiger partial charge in [-0.25, -0.2) is 0 Å². The Balaban J connectivity index is 2.15. The Morgan fingerprint density at radius 1 is 1.05 bits per heavy atom. The van der Waals surface area contributed by atoms with Gasteiger partial charge in [-0.1, -0.05) is 40.5 Å². The van der Waals surface area contributed by atoms with E-state index in [2.05, 4.69) is 37.9 Å². The van der Waals surface area contributed by atoms with Gasteiger partial charge in [-0.2, -0.15) is 0 Å². The normalized spacial score (nSPS) is 24.3. The molecule has 0 atom stereocenters.